The van der Waals surface area contributed by atoms with E-state index in [4.69, 9.17) is 5.73 Å². The number of nitrogens with zero attached hydrogens (tertiary/aromatic N) is 3. The number of carbonyl (C=O) groups is 11. The number of carbonyl (C=O) groups excluding carboxylic acids is 10. The number of aliphatic hydroxyl groups excluding tert-OH is 1. The molecule has 3 heterocycles. The van der Waals surface area contributed by atoms with E-state index in [2.05, 4.69) is 37.2 Å². The van der Waals surface area contributed by atoms with Gasteiger partial charge in [-0.05, 0) is 113 Å². The Hall–Kier alpha value is -6.54. The molecule has 1 aromatic carbocycles. The molecule has 0 radical (unpaired) electrons. The smallest absolute Gasteiger partial charge is 0.326 e. The summed E-state index contributed by atoms with van der Waals surface area (Å²) in [7, 11) is 0. The van der Waals surface area contributed by atoms with Crippen molar-refractivity contribution in [3.63, 3.8) is 0 Å². The van der Waals surface area contributed by atoms with Gasteiger partial charge in [0.25, 0.3) is 0 Å². The molecule has 25 nitrogen and oxygen atoms in total. The molecule has 3 saturated heterocycles. The number of hydrogen-bond acceptors (Lipinski definition) is 15. The fourth-order valence-electron chi connectivity index (χ4n) is 10.1. The SMILES string of the molecule is CC[C@H](C)[C@H](NC(=O)[C@@H](N)C(C)C)C(=O)N[C@@H](CC(C)C)C(=O)N1CCC[C@H]1C(=O)N[C@H](C(=O)N[C@@H](C)C(=O)N1CCC[C@H]1C(=O)N1CCC[C@H]1C(=O)NCC(=O)N[C@@H](Cc1ccc(O)cc1)C(=O)N[C@@H](CCSC)C(=O)O)[C@@H](C)O. The molecule has 0 spiro atoms. The number of likely N-dealkylation sites (tertiary alicyclic amines) is 3. The fraction of sp³-hybridized carbons (Fsp3) is 0.691. The molecule has 4 rings (SSSR count). The maximum absolute atomic E-state index is 14.3. The predicted octanol–water partition coefficient (Wildman–Crippen LogP) is -0.753. The van der Waals surface area contributed by atoms with Gasteiger partial charge < -0.3 is 73.0 Å². The van der Waals surface area contributed by atoms with Crippen molar-refractivity contribution in [3.8, 4) is 5.75 Å². The summed E-state index contributed by atoms with van der Waals surface area (Å²) in [6.45, 7) is 13.5. The maximum atomic E-state index is 14.3. The minimum Gasteiger partial charge on any atom is -0.508 e. The molecule has 0 unspecified atom stereocenters. The second-order valence-corrected chi connectivity index (χ2v) is 23.2. The Morgan fingerprint density at radius 1 is 0.654 bits per heavy atom. The fourth-order valence-corrected chi connectivity index (χ4v) is 10.6. The van der Waals surface area contributed by atoms with Crippen molar-refractivity contribution in [1.29, 1.82) is 0 Å². The van der Waals surface area contributed by atoms with Gasteiger partial charge in [0.05, 0.1) is 18.7 Å². The number of benzene rings is 1. The topological polar surface area (TPSA) is 368 Å². The lowest BCUT2D eigenvalue weighted by atomic mass is 9.95. The molecule has 3 fully saturated rings. The summed E-state index contributed by atoms with van der Waals surface area (Å²) in [5, 5.41) is 48.6. The molecule has 0 aliphatic carbocycles. The first-order valence-electron chi connectivity index (χ1n) is 28.1. The number of nitrogens with two attached hydrogens (primary N) is 1. The van der Waals surface area contributed by atoms with Crippen molar-refractivity contribution in [2.75, 3.05) is 38.2 Å². The Bertz CT molecular complexity index is 2390. The highest BCUT2D eigenvalue weighted by atomic mass is 32.2. The number of thioether (sulfide) groups is 1. The van der Waals surface area contributed by atoms with E-state index < -0.39 is 138 Å². The molecule has 1 aromatic rings. The summed E-state index contributed by atoms with van der Waals surface area (Å²) in [4.78, 5) is 154. The van der Waals surface area contributed by atoms with Gasteiger partial charge in [-0.2, -0.15) is 11.8 Å². The lowest BCUT2D eigenvalue weighted by molar-refractivity contribution is -0.148. The zero-order chi connectivity index (χ0) is 60.4. The number of aliphatic carboxylic acids is 1. The maximum Gasteiger partial charge on any atom is 0.326 e. The zero-order valence-corrected chi connectivity index (χ0v) is 49.0. The molecule has 26 heteroatoms. The summed E-state index contributed by atoms with van der Waals surface area (Å²) in [6.07, 6.45) is 3.07. The molecule has 12 atom stereocenters. The Morgan fingerprint density at radius 3 is 1.77 bits per heavy atom. The number of aromatic hydroxyl groups is 1. The van der Waals surface area contributed by atoms with E-state index in [1.54, 1.807) is 27.0 Å². The number of phenols is 1. The van der Waals surface area contributed by atoms with Gasteiger partial charge in [0.1, 0.15) is 60.1 Å². The Labute approximate surface area is 478 Å². The summed E-state index contributed by atoms with van der Waals surface area (Å²) in [5.74, 6) is -8.07. The van der Waals surface area contributed by atoms with Crippen molar-refractivity contribution in [2.24, 2.45) is 23.5 Å². The van der Waals surface area contributed by atoms with Gasteiger partial charge in [0.2, 0.25) is 59.1 Å². The highest BCUT2D eigenvalue weighted by molar-refractivity contribution is 7.98. The van der Waals surface area contributed by atoms with Gasteiger partial charge in [-0.1, -0.05) is 60.1 Å². The summed E-state index contributed by atoms with van der Waals surface area (Å²) in [6, 6.07) is -5.52. The van der Waals surface area contributed by atoms with Crippen LogP contribution in [0.1, 0.15) is 119 Å². The van der Waals surface area contributed by atoms with Gasteiger partial charge >= 0.3 is 5.97 Å². The van der Waals surface area contributed by atoms with Gasteiger partial charge in [-0.15, -0.1) is 0 Å². The van der Waals surface area contributed by atoms with Gasteiger partial charge in [0, 0.05) is 26.1 Å². The first-order valence-corrected chi connectivity index (χ1v) is 29.5. The number of carboxylic acids is 1. The summed E-state index contributed by atoms with van der Waals surface area (Å²) >= 11 is 1.40. The van der Waals surface area contributed by atoms with Gasteiger partial charge in [-0.25, -0.2) is 4.79 Å². The van der Waals surface area contributed by atoms with Crippen LogP contribution in [0.25, 0.3) is 0 Å². The number of nitrogens with one attached hydrogen (secondary N) is 7. The second kappa shape index (κ2) is 31.6. The average Bonchev–Trinajstić information content (AvgIpc) is 4.25. The molecule has 3 aliphatic heterocycles. The second-order valence-electron chi connectivity index (χ2n) is 22.2. The molecular formula is C55H87N11O14S. The predicted molar refractivity (Wildman–Crippen MR) is 300 cm³/mol. The Morgan fingerprint density at radius 2 is 1.21 bits per heavy atom. The van der Waals surface area contributed by atoms with E-state index in [1.807, 2.05) is 20.8 Å². The Kier molecular flexibility index (Phi) is 26.1. The van der Waals surface area contributed by atoms with E-state index >= 15 is 0 Å². The van der Waals surface area contributed by atoms with Crippen molar-refractivity contribution >= 4 is 76.8 Å². The lowest BCUT2D eigenvalue weighted by Crippen LogP contribution is -2.61. The van der Waals surface area contributed by atoms with Gasteiger partial charge in [-0.3, -0.25) is 47.9 Å². The van der Waals surface area contributed by atoms with Crippen LogP contribution in [0, 0.1) is 17.8 Å². The highest BCUT2D eigenvalue weighted by Crippen LogP contribution is 2.27. The van der Waals surface area contributed by atoms with Crippen LogP contribution < -0.4 is 43.0 Å². The standard InChI is InChI=1S/C55H87N11O14S/c1-10-31(6)44(62-49(73)43(56)30(4)5)50(74)61-38(26-29(2)3)53(77)64-22-12-15-40(64)48(72)63-45(33(8)67)51(75)58-32(7)52(76)66-24-13-16-41(66)54(78)65-23-11-14-39(65)47(71)57-28-42(69)59-37(27-34-17-19-35(68)20-18-34)46(70)60-36(55(79)80)21-25-81-9/h17-20,29-33,36-41,43-45,67-68H,10-16,21-28,56H2,1-9H3,(H,57,71)(H,58,75)(H,59,69)(H,60,70)(H,61,74)(H,62,73)(H,63,72)(H,79,80)/t31-,32-,33+,36-,37-,38-,39-,40-,41-,43-,44-,45-/m0/s1. The van der Waals surface area contributed by atoms with E-state index in [-0.39, 0.29) is 81.7 Å². The first kappa shape index (κ1) is 67.0. The molecule has 12 N–H and O–H groups in total. The van der Waals surface area contributed by atoms with E-state index in [0.717, 1.165) is 0 Å². The van der Waals surface area contributed by atoms with Gasteiger partial charge in [0.15, 0.2) is 0 Å². The molecule has 81 heavy (non-hydrogen) atoms. The minimum absolute atomic E-state index is 0.0283. The van der Waals surface area contributed by atoms with Crippen LogP contribution in [0.15, 0.2) is 24.3 Å². The molecule has 10 amide bonds. The Balaban J connectivity index is 1.38. The third-order valence-corrected chi connectivity index (χ3v) is 15.7. The quantitative estimate of drug-likeness (QED) is 0.0470. The largest absolute Gasteiger partial charge is 0.508 e. The molecule has 0 bridgehead atoms. The van der Waals surface area contributed by atoms with Crippen LogP contribution in [0.4, 0.5) is 0 Å². The number of aliphatic hydroxyl groups is 1. The molecule has 3 aliphatic rings. The van der Waals surface area contributed by atoms with Crippen LogP contribution >= 0.6 is 11.8 Å². The minimum atomic E-state index is -1.59. The number of carboxylic acid groups (broad SMARTS) is 1. The zero-order valence-electron chi connectivity index (χ0n) is 48.2. The number of phenolic OH excluding ortho intramolecular Hbond substituents is 1. The number of rotatable bonds is 29. The molecule has 0 saturated carbocycles. The molecule has 0 aromatic heterocycles. The van der Waals surface area contributed by atoms with E-state index in [1.165, 1.54) is 64.6 Å². The van der Waals surface area contributed by atoms with Crippen LogP contribution in [-0.4, -0.2) is 200 Å². The van der Waals surface area contributed by atoms with Crippen molar-refractivity contribution in [3.05, 3.63) is 29.8 Å². The average molecular weight is 1160 g/mol. The van der Waals surface area contributed by atoms with E-state index in [0.29, 0.717) is 37.0 Å². The summed E-state index contributed by atoms with van der Waals surface area (Å²) in [5.41, 5.74) is 6.62. The molecule has 452 valence electrons. The van der Waals surface area contributed by atoms with Crippen LogP contribution in [0.2, 0.25) is 0 Å². The van der Waals surface area contributed by atoms with Crippen LogP contribution in [0.3, 0.4) is 0 Å². The van der Waals surface area contributed by atoms with Crippen LogP contribution in [-0.2, 0) is 59.2 Å². The van der Waals surface area contributed by atoms with Crippen LogP contribution in [0.5, 0.6) is 5.75 Å². The van der Waals surface area contributed by atoms with E-state index in [9.17, 15) is 68.1 Å². The lowest BCUT2D eigenvalue weighted by Gasteiger charge is -2.33. The van der Waals surface area contributed by atoms with Crippen molar-refractivity contribution in [2.45, 2.75) is 186 Å². The number of hydrogen-bond donors (Lipinski definition) is 11. The third kappa shape index (κ3) is 19.0. The number of amides is 10. The normalized spacial score (nSPS) is 20.4. The van der Waals surface area contributed by atoms with Crippen molar-refractivity contribution in [1.82, 2.24) is 51.9 Å². The monoisotopic (exact) mass is 1160 g/mol. The van der Waals surface area contributed by atoms with Crippen molar-refractivity contribution < 1.29 is 68.1 Å². The third-order valence-electron chi connectivity index (χ3n) is 15.1. The highest BCUT2D eigenvalue weighted by Gasteiger charge is 2.45. The first-order chi connectivity index (χ1) is 38.2. The summed E-state index contributed by atoms with van der Waals surface area (Å²) < 4.78 is 0. The molecular weight excluding hydrogens is 1070 g/mol.